The van der Waals surface area contributed by atoms with Crippen molar-refractivity contribution in [1.29, 1.82) is 0 Å². The molecule has 0 radical (unpaired) electrons. The zero-order chi connectivity index (χ0) is 20.6. The molecule has 0 N–H and O–H groups in total. The monoisotopic (exact) mass is 388 g/mol. The van der Waals surface area contributed by atoms with Crippen LogP contribution in [0.3, 0.4) is 0 Å². The first-order valence-electron chi connectivity index (χ1n) is 9.67. The predicted molar refractivity (Wildman–Crippen MR) is 117 cm³/mol. The smallest absolute Gasteiger partial charge is 0.268 e. The lowest BCUT2D eigenvalue weighted by molar-refractivity contribution is 0.302. The summed E-state index contributed by atoms with van der Waals surface area (Å²) in [5.41, 5.74) is 1.37. The van der Waals surface area contributed by atoms with Crippen LogP contribution in [0.2, 0.25) is 0 Å². The second-order valence-corrected chi connectivity index (χ2v) is 10.3. The molecule has 0 amide bonds. The fourth-order valence-electron chi connectivity index (χ4n) is 2.77. The molecule has 0 aromatic heterocycles. The average molecular weight is 389 g/mol. The quantitative estimate of drug-likeness (QED) is 0.469. The fraction of sp³-hybridized carbons (Fsp3) is 0.565. The molecule has 1 heterocycles. The molecule has 0 atom stereocenters. The second kappa shape index (κ2) is 7.83. The molecule has 3 nitrogen and oxygen atoms in total. The number of hydrogen-bond donors (Lipinski definition) is 0. The summed E-state index contributed by atoms with van der Waals surface area (Å²) in [7, 11) is 0. The van der Waals surface area contributed by atoms with Crippen molar-refractivity contribution >= 4 is 17.3 Å². The molecule has 1 aliphatic heterocycles. The molecule has 1 aromatic rings. The van der Waals surface area contributed by atoms with Crippen LogP contribution in [-0.4, -0.2) is 6.61 Å². The Kier molecular flexibility index (Phi) is 6.30. The summed E-state index contributed by atoms with van der Waals surface area (Å²) in [5.74, 6) is 0.244. The molecule has 0 aliphatic carbocycles. The van der Waals surface area contributed by atoms with Gasteiger partial charge in [-0.25, -0.2) is 0 Å². The van der Waals surface area contributed by atoms with Crippen LogP contribution in [0.4, 0.5) is 0 Å². The van der Waals surface area contributed by atoms with E-state index in [4.69, 9.17) is 4.74 Å². The van der Waals surface area contributed by atoms with Crippen molar-refractivity contribution in [2.45, 2.75) is 68.2 Å². The topological polar surface area (TPSA) is 43.4 Å². The van der Waals surface area contributed by atoms with Crippen LogP contribution in [0.25, 0.3) is 5.57 Å². The van der Waals surface area contributed by atoms with Gasteiger partial charge in [0.2, 0.25) is 5.43 Å². The first-order chi connectivity index (χ1) is 12.4. The Morgan fingerprint density at radius 2 is 1.48 bits per heavy atom. The van der Waals surface area contributed by atoms with Crippen LogP contribution in [-0.2, 0) is 0 Å². The SMILES string of the molecule is CCCCOc1c(C(C)=C2C=C(C(C)(C)C)SC(C(C)(C)C)=C2)c(=O)c1=O. The summed E-state index contributed by atoms with van der Waals surface area (Å²) < 4.78 is 5.64. The zero-order valence-electron chi connectivity index (χ0n) is 17.9. The first-order valence-corrected chi connectivity index (χ1v) is 10.5. The number of rotatable bonds is 5. The minimum absolute atomic E-state index is 0.00916. The van der Waals surface area contributed by atoms with E-state index >= 15 is 0 Å². The summed E-state index contributed by atoms with van der Waals surface area (Å²) in [6.07, 6.45) is 6.16. The molecule has 1 aromatic carbocycles. The number of hydrogen-bond acceptors (Lipinski definition) is 4. The van der Waals surface area contributed by atoms with Crippen molar-refractivity contribution in [2.75, 3.05) is 6.61 Å². The molecule has 0 saturated carbocycles. The molecule has 2 rings (SSSR count). The lowest BCUT2D eigenvalue weighted by Gasteiger charge is -2.32. The standard InChI is InChI=1S/C23H32O3S/c1-9-10-11-26-21-18(19(24)20(21)25)14(2)15-12-16(22(3,4)5)27-17(13-15)23(6,7)8/h12-13H,9-11H2,1-8H3. The zero-order valence-corrected chi connectivity index (χ0v) is 18.7. The summed E-state index contributed by atoms with van der Waals surface area (Å²) >= 11 is 1.81. The van der Waals surface area contributed by atoms with Gasteiger partial charge in [0.15, 0.2) is 5.75 Å². The minimum Gasteiger partial charge on any atom is -0.489 e. The lowest BCUT2D eigenvalue weighted by atomic mass is 9.89. The highest BCUT2D eigenvalue weighted by atomic mass is 32.2. The van der Waals surface area contributed by atoms with Gasteiger partial charge in [0.1, 0.15) is 0 Å². The van der Waals surface area contributed by atoms with Crippen LogP contribution >= 0.6 is 11.8 Å². The van der Waals surface area contributed by atoms with E-state index in [1.807, 2.05) is 18.7 Å². The molecule has 148 valence electrons. The molecule has 1 aliphatic rings. The van der Waals surface area contributed by atoms with Crippen molar-refractivity contribution in [3.8, 4) is 5.75 Å². The highest BCUT2D eigenvalue weighted by Gasteiger charge is 2.30. The minimum atomic E-state index is -0.494. The number of unbranched alkanes of at least 4 members (excludes halogenated alkanes) is 1. The Bertz CT molecular complexity index is 844. The average Bonchev–Trinajstić information content (AvgIpc) is 2.58. The van der Waals surface area contributed by atoms with Gasteiger partial charge in [-0.2, -0.15) is 0 Å². The van der Waals surface area contributed by atoms with Crippen LogP contribution in [0.15, 0.2) is 37.1 Å². The maximum Gasteiger partial charge on any atom is 0.268 e. The summed E-state index contributed by atoms with van der Waals surface area (Å²) in [6.45, 7) is 17.6. The molecule has 0 bridgehead atoms. The van der Waals surface area contributed by atoms with E-state index in [1.165, 1.54) is 9.81 Å². The molecule has 0 unspecified atom stereocenters. The normalized spacial score (nSPS) is 15.6. The largest absolute Gasteiger partial charge is 0.489 e. The summed E-state index contributed by atoms with van der Waals surface area (Å²) in [5, 5.41) is 0. The van der Waals surface area contributed by atoms with Gasteiger partial charge in [-0.1, -0.05) is 66.6 Å². The third-order valence-corrected chi connectivity index (χ3v) is 6.59. The highest BCUT2D eigenvalue weighted by molar-refractivity contribution is 8.06. The van der Waals surface area contributed by atoms with Gasteiger partial charge >= 0.3 is 0 Å². The van der Waals surface area contributed by atoms with Gasteiger partial charge in [0.05, 0.1) is 12.2 Å². The fourth-order valence-corrected chi connectivity index (χ4v) is 3.99. The maximum absolute atomic E-state index is 12.3. The molecule has 27 heavy (non-hydrogen) atoms. The van der Waals surface area contributed by atoms with E-state index in [9.17, 15) is 9.59 Å². The Labute approximate surface area is 167 Å². The summed E-state index contributed by atoms with van der Waals surface area (Å²) in [4.78, 5) is 26.8. The number of thioether (sulfide) groups is 1. The molecular weight excluding hydrogens is 356 g/mol. The first kappa shape index (κ1) is 21.7. The van der Waals surface area contributed by atoms with E-state index in [1.54, 1.807) is 0 Å². The van der Waals surface area contributed by atoms with E-state index in [0.717, 1.165) is 24.0 Å². The highest BCUT2D eigenvalue weighted by Crippen LogP contribution is 2.49. The van der Waals surface area contributed by atoms with Gasteiger partial charge in [0.25, 0.3) is 5.43 Å². The molecule has 0 saturated heterocycles. The number of ether oxygens (including phenoxy) is 1. The van der Waals surface area contributed by atoms with Gasteiger partial charge in [0, 0.05) is 0 Å². The van der Waals surface area contributed by atoms with Crippen molar-refractivity contribution in [1.82, 2.24) is 0 Å². The van der Waals surface area contributed by atoms with Gasteiger partial charge in [-0.05, 0) is 57.3 Å². The van der Waals surface area contributed by atoms with E-state index in [2.05, 4.69) is 60.6 Å². The molecule has 0 fully saturated rings. The van der Waals surface area contributed by atoms with Crippen molar-refractivity contribution < 1.29 is 4.74 Å². The van der Waals surface area contributed by atoms with E-state index < -0.39 is 10.9 Å². The van der Waals surface area contributed by atoms with Crippen molar-refractivity contribution in [2.24, 2.45) is 10.8 Å². The Balaban J connectivity index is 2.56. The number of allylic oxidation sites excluding steroid dienone is 6. The molecular formula is C23H32O3S. The van der Waals surface area contributed by atoms with Crippen molar-refractivity contribution in [3.63, 3.8) is 0 Å². The predicted octanol–water partition coefficient (Wildman–Crippen LogP) is 5.84. The lowest BCUT2D eigenvalue weighted by Crippen LogP contribution is -2.36. The maximum atomic E-state index is 12.3. The third kappa shape index (κ3) is 4.66. The van der Waals surface area contributed by atoms with E-state index in [0.29, 0.717) is 12.2 Å². The summed E-state index contributed by atoms with van der Waals surface area (Å²) in [6, 6.07) is 0. The van der Waals surface area contributed by atoms with Crippen LogP contribution in [0.5, 0.6) is 5.75 Å². The van der Waals surface area contributed by atoms with Crippen molar-refractivity contribution in [3.05, 3.63) is 53.5 Å². The molecule has 0 spiro atoms. The van der Waals surface area contributed by atoms with Crippen LogP contribution in [0.1, 0.15) is 73.8 Å². The Hall–Kier alpha value is -1.55. The van der Waals surface area contributed by atoms with Gasteiger partial charge < -0.3 is 4.74 Å². The van der Waals surface area contributed by atoms with Gasteiger partial charge in [-0.15, -0.1) is 0 Å². The Morgan fingerprint density at radius 3 is 1.93 bits per heavy atom. The third-order valence-electron chi connectivity index (χ3n) is 4.69. The van der Waals surface area contributed by atoms with Crippen LogP contribution < -0.4 is 15.6 Å². The van der Waals surface area contributed by atoms with E-state index in [-0.39, 0.29) is 16.6 Å². The van der Waals surface area contributed by atoms with Crippen LogP contribution in [0, 0.1) is 10.8 Å². The molecule has 4 heteroatoms. The second-order valence-electron chi connectivity index (χ2n) is 9.26. The Morgan fingerprint density at radius 1 is 0.963 bits per heavy atom. The van der Waals surface area contributed by atoms with Gasteiger partial charge in [-0.3, -0.25) is 9.59 Å².